The molecule has 5 N–H and O–H groups in total. The first kappa shape index (κ1) is 23.8. The zero-order valence-electron chi connectivity index (χ0n) is 19.2. The molecule has 0 fully saturated rings. The number of benzene rings is 1. The van der Waals surface area contributed by atoms with Crippen molar-refractivity contribution in [3.8, 4) is 11.3 Å². The fourth-order valence-electron chi connectivity index (χ4n) is 3.74. The third kappa shape index (κ3) is 5.58. The molecular weight excluding hydrogens is 448 g/mol. The highest BCUT2D eigenvalue weighted by Crippen LogP contribution is 2.30. The van der Waals surface area contributed by atoms with E-state index in [-0.39, 0.29) is 12.3 Å². The van der Waals surface area contributed by atoms with Gasteiger partial charge in [-0.25, -0.2) is 25.1 Å². The maximum atomic E-state index is 12.6. The Hall–Kier alpha value is -4.38. The van der Waals surface area contributed by atoms with Crippen LogP contribution < -0.4 is 16.5 Å². The van der Waals surface area contributed by atoms with Crippen LogP contribution in [0.4, 0.5) is 11.6 Å². The summed E-state index contributed by atoms with van der Waals surface area (Å²) < 4.78 is 1.78. The summed E-state index contributed by atoms with van der Waals surface area (Å²) in [5.74, 6) is 0.154. The highest BCUT2D eigenvalue weighted by Gasteiger charge is 2.17. The molecule has 0 radical (unpaired) electrons. The van der Waals surface area contributed by atoms with Gasteiger partial charge >= 0.3 is 0 Å². The van der Waals surface area contributed by atoms with Gasteiger partial charge in [-0.15, -0.1) is 0 Å². The van der Waals surface area contributed by atoms with Crippen molar-refractivity contribution in [2.45, 2.75) is 39.2 Å². The number of aryl methyl sites for hydroxylation is 2. The Labute approximate surface area is 201 Å². The number of nitrogens with two attached hydrogens (primary N) is 1. The molecule has 11 heteroatoms. The van der Waals surface area contributed by atoms with Crippen molar-refractivity contribution < 1.29 is 14.8 Å². The van der Waals surface area contributed by atoms with E-state index in [2.05, 4.69) is 20.3 Å². The number of nitrogen functional groups attached to an aromatic ring is 1. The van der Waals surface area contributed by atoms with E-state index in [9.17, 15) is 9.59 Å². The lowest BCUT2D eigenvalue weighted by Gasteiger charge is -2.06. The number of anilines is 2. The summed E-state index contributed by atoms with van der Waals surface area (Å²) in [6.45, 7) is 2.51. The summed E-state index contributed by atoms with van der Waals surface area (Å²) in [6.07, 6.45) is 5.51. The fourth-order valence-corrected chi connectivity index (χ4v) is 3.74. The molecule has 0 spiro atoms. The number of hydrogen-bond donors (Lipinski definition) is 4. The molecule has 0 bridgehead atoms. The third-order valence-electron chi connectivity index (χ3n) is 5.53. The minimum Gasteiger partial charge on any atom is -0.383 e. The maximum Gasteiger partial charge on any atom is 0.256 e. The van der Waals surface area contributed by atoms with Crippen LogP contribution >= 0.6 is 0 Å². The van der Waals surface area contributed by atoms with Crippen molar-refractivity contribution in [1.82, 2.24) is 30.2 Å². The van der Waals surface area contributed by atoms with Crippen LogP contribution in [0.2, 0.25) is 0 Å². The predicted molar refractivity (Wildman–Crippen MR) is 130 cm³/mol. The highest BCUT2D eigenvalue weighted by atomic mass is 16.5. The SMILES string of the molecule is Cc1ccnc(NC(=O)c2ccc(-c3nn(CCCCCC(=O)NO)c4ncnc(N)c34)cc2)c1. The minimum absolute atomic E-state index is 0.261. The number of hydroxylamine groups is 1. The van der Waals surface area contributed by atoms with Crippen LogP contribution in [-0.4, -0.2) is 41.8 Å². The quantitative estimate of drug-likeness (QED) is 0.163. The van der Waals surface area contributed by atoms with E-state index < -0.39 is 5.91 Å². The van der Waals surface area contributed by atoms with E-state index in [1.165, 1.54) is 6.33 Å². The Morgan fingerprint density at radius 2 is 1.86 bits per heavy atom. The highest BCUT2D eigenvalue weighted by molar-refractivity contribution is 6.04. The topological polar surface area (TPSA) is 161 Å². The summed E-state index contributed by atoms with van der Waals surface area (Å²) >= 11 is 0. The molecule has 0 aliphatic carbocycles. The van der Waals surface area contributed by atoms with Crippen molar-refractivity contribution in [2.24, 2.45) is 0 Å². The number of carbonyl (C=O) groups excluding carboxylic acids is 2. The van der Waals surface area contributed by atoms with E-state index in [1.54, 1.807) is 34.6 Å². The molecule has 1 aromatic carbocycles. The van der Waals surface area contributed by atoms with Gasteiger partial charge in [-0.2, -0.15) is 5.10 Å². The first-order valence-electron chi connectivity index (χ1n) is 11.2. The van der Waals surface area contributed by atoms with Gasteiger partial charge in [0.2, 0.25) is 5.91 Å². The number of carbonyl (C=O) groups is 2. The number of fused-ring (bicyclic) bond motifs is 1. The van der Waals surface area contributed by atoms with Crippen LogP contribution in [0.5, 0.6) is 0 Å². The molecule has 35 heavy (non-hydrogen) atoms. The number of pyridine rings is 1. The molecule has 0 aliphatic rings. The van der Waals surface area contributed by atoms with E-state index in [4.69, 9.17) is 16.0 Å². The summed E-state index contributed by atoms with van der Waals surface area (Å²) in [6, 6.07) is 10.7. The normalized spacial score (nSPS) is 10.9. The summed E-state index contributed by atoms with van der Waals surface area (Å²) in [7, 11) is 0. The Bertz CT molecular complexity index is 1350. The number of aromatic nitrogens is 5. The lowest BCUT2D eigenvalue weighted by Crippen LogP contribution is -2.17. The largest absolute Gasteiger partial charge is 0.383 e. The molecule has 0 saturated heterocycles. The lowest BCUT2D eigenvalue weighted by atomic mass is 10.1. The van der Waals surface area contributed by atoms with Crippen LogP contribution in [0.1, 0.15) is 41.6 Å². The smallest absolute Gasteiger partial charge is 0.256 e. The standard InChI is InChI=1S/C24H26N8O3/c1-15-10-11-26-18(13-15)29-24(34)17-8-6-16(7-9-17)21-20-22(25)27-14-28-23(20)32(30-21)12-4-2-3-5-19(33)31-35/h6-11,13-14,35H,2-5,12H2,1H3,(H,31,33)(H2,25,27,28)(H,26,29,34). The first-order chi connectivity index (χ1) is 17.0. The lowest BCUT2D eigenvalue weighted by molar-refractivity contribution is -0.129. The van der Waals surface area contributed by atoms with E-state index >= 15 is 0 Å². The molecule has 4 rings (SSSR count). The number of amides is 2. The van der Waals surface area contributed by atoms with Crippen molar-refractivity contribution in [3.63, 3.8) is 0 Å². The average molecular weight is 475 g/mol. The third-order valence-corrected chi connectivity index (χ3v) is 5.53. The van der Waals surface area contributed by atoms with Gasteiger partial charge < -0.3 is 11.1 Å². The van der Waals surface area contributed by atoms with Crippen LogP contribution in [0.3, 0.4) is 0 Å². The number of hydrogen-bond acceptors (Lipinski definition) is 8. The summed E-state index contributed by atoms with van der Waals surface area (Å²) in [4.78, 5) is 36.4. The van der Waals surface area contributed by atoms with Gasteiger partial charge in [-0.3, -0.25) is 14.8 Å². The Morgan fingerprint density at radius 1 is 1.06 bits per heavy atom. The van der Waals surface area contributed by atoms with Gasteiger partial charge in [-0.05, 0) is 49.6 Å². The molecule has 3 aromatic heterocycles. The second-order valence-electron chi connectivity index (χ2n) is 8.12. The van der Waals surface area contributed by atoms with Crippen LogP contribution in [0.15, 0.2) is 48.9 Å². The first-order valence-corrected chi connectivity index (χ1v) is 11.2. The monoisotopic (exact) mass is 474 g/mol. The number of nitrogens with one attached hydrogen (secondary N) is 2. The number of rotatable bonds is 9. The Balaban J connectivity index is 1.52. The summed E-state index contributed by atoms with van der Waals surface area (Å²) in [5.41, 5.74) is 11.3. The van der Waals surface area contributed by atoms with Gasteiger partial charge in [0, 0.05) is 30.3 Å². The zero-order valence-corrected chi connectivity index (χ0v) is 19.2. The second kappa shape index (κ2) is 10.7. The molecule has 4 aromatic rings. The van der Waals surface area contributed by atoms with Gasteiger partial charge in [-0.1, -0.05) is 18.6 Å². The maximum absolute atomic E-state index is 12.6. The predicted octanol–water partition coefficient (Wildman–Crippen LogP) is 3.10. The molecule has 2 amide bonds. The van der Waals surface area contributed by atoms with Gasteiger partial charge in [0.25, 0.3) is 5.91 Å². The van der Waals surface area contributed by atoms with Crippen molar-refractivity contribution in [3.05, 3.63) is 60.0 Å². The molecule has 0 atom stereocenters. The van der Waals surface area contributed by atoms with E-state index in [1.807, 2.05) is 25.1 Å². The van der Waals surface area contributed by atoms with Crippen LogP contribution in [0.25, 0.3) is 22.3 Å². The van der Waals surface area contributed by atoms with Crippen molar-refractivity contribution >= 4 is 34.5 Å². The van der Waals surface area contributed by atoms with E-state index in [0.717, 1.165) is 24.0 Å². The molecule has 0 aliphatic heterocycles. The van der Waals surface area contributed by atoms with Crippen LogP contribution in [-0.2, 0) is 11.3 Å². The van der Waals surface area contributed by atoms with Crippen LogP contribution in [0, 0.1) is 6.92 Å². The minimum atomic E-state index is -0.399. The zero-order chi connectivity index (χ0) is 24.8. The molecule has 180 valence electrons. The van der Waals surface area contributed by atoms with E-state index in [0.29, 0.717) is 46.9 Å². The fraction of sp³-hybridized carbons (Fsp3) is 0.250. The average Bonchev–Trinajstić information content (AvgIpc) is 3.23. The van der Waals surface area contributed by atoms with Crippen molar-refractivity contribution in [2.75, 3.05) is 11.1 Å². The molecule has 11 nitrogen and oxygen atoms in total. The Kier molecular flexibility index (Phi) is 7.27. The van der Waals surface area contributed by atoms with Gasteiger partial charge in [0.05, 0.1) is 5.39 Å². The number of nitrogens with zero attached hydrogens (tertiary/aromatic N) is 5. The molecular formula is C24H26N8O3. The van der Waals surface area contributed by atoms with Gasteiger partial charge in [0.1, 0.15) is 23.7 Å². The molecule has 0 saturated carbocycles. The summed E-state index contributed by atoms with van der Waals surface area (Å²) in [5, 5.41) is 16.8. The molecule has 0 unspecified atom stereocenters. The second-order valence-corrected chi connectivity index (χ2v) is 8.12. The van der Waals surface area contributed by atoms with Crippen molar-refractivity contribution in [1.29, 1.82) is 0 Å². The number of unbranched alkanes of at least 4 members (excludes halogenated alkanes) is 2. The molecule has 3 heterocycles. The Morgan fingerprint density at radius 3 is 2.60 bits per heavy atom. The van der Waals surface area contributed by atoms with Gasteiger partial charge in [0.15, 0.2) is 5.65 Å².